The van der Waals surface area contributed by atoms with Crippen LogP contribution < -0.4 is 0 Å². The Morgan fingerprint density at radius 1 is 1.50 bits per heavy atom. The molecule has 18 heavy (non-hydrogen) atoms. The zero-order chi connectivity index (χ0) is 14.1. The van der Waals surface area contributed by atoms with E-state index in [2.05, 4.69) is 4.57 Å². The summed E-state index contributed by atoms with van der Waals surface area (Å²) in [5.41, 5.74) is 2.46. The van der Waals surface area contributed by atoms with Crippen LogP contribution in [-0.4, -0.2) is 28.4 Å². The highest BCUT2D eigenvalue weighted by molar-refractivity contribution is 6.33. The van der Waals surface area contributed by atoms with Crippen LogP contribution in [0.25, 0.3) is 0 Å². The molecule has 0 N–H and O–H groups in total. The molecule has 0 bridgehead atoms. The van der Waals surface area contributed by atoms with Crippen molar-refractivity contribution in [1.82, 2.24) is 4.57 Å². The number of alkyl halides is 1. The highest BCUT2D eigenvalue weighted by atomic mass is 35.5. The lowest BCUT2D eigenvalue weighted by Gasteiger charge is -2.25. The van der Waals surface area contributed by atoms with Gasteiger partial charge in [0.15, 0.2) is 5.78 Å². The number of nitrogens with zero attached hydrogens (tertiary/aromatic N) is 1. The molecule has 0 saturated carbocycles. The van der Waals surface area contributed by atoms with Crippen LogP contribution in [0.5, 0.6) is 0 Å². The van der Waals surface area contributed by atoms with Gasteiger partial charge in [0.1, 0.15) is 0 Å². The van der Waals surface area contributed by atoms with Crippen LogP contribution in [0.4, 0.5) is 0 Å². The lowest BCUT2D eigenvalue weighted by Crippen LogP contribution is -2.30. The minimum absolute atomic E-state index is 0.0220. The molecule has 1 atom stereocenters. The van der Waals surface area contributed by atoms with Gasteiger partial charge in [0.05, 0.1) is 17.5 Å². The van der Waals surface area contributed by atoms with Crippen LogP contribution in [0.15, 0.2) is 6.07 Å². The third-order valence-electron chi connectivity index (χ3n) is 3.29. The van der Waals surface area contributed by atoms with E-state index in [1.54, 1.807) is 14.0 Å². The first-order chi connectivity index (χ1) is 8.19. The molecule has 1 aromatic heterocycles. The monoisotopic (exact) mass is 271 g/mol. The maximum absolute atomic E-state index is 12.0. The van der Waals surface area contributed by atoms with E-state index in [0.717, 1.165) is 11.4 Å². The molecular formula is C14H22ClNO2. The second-order valence-electron chi connectivity index (χ2n) is 5.32. The van der Waals surface area contributed by atoms with Crippen molar-refractivity contribution in [1.29, 1.82) is 0 Å². The lowest BCUT2D eigenvalue weighted by atomic mass is 10.1. The van der Waals surface area contributed by atoms with Crippen molar-refractivity contribution < 1.29 is 9.53 Å². The SMILES string of the molecule is COC(C)(C)Cn1c(C)cc(C(=O)C(C)Cl)c1C. The third-order valence-corrected chi connectivity index (χ3v) is 3.49. The van der Waals surface area contributed by atoms with Gasteiger partial charge in [-0.15, -0.1) is 11.6 Å². The molecule has 3 nitrogen and oxygen atoms in total. The van der Waals surface area contributed by atoms with Gasteiger partial charge in [-0.2, -0.15) is 0 Å². The smallest absolute Gasteiger partial charge is 0.182 e. The average Bonchev–Trinajstić information content (AvgIpc) is 2.55. The van der Waals surface area contributed by atoms with Gasteiger partial charge in [-0.25, -0.2) is 0 Å². The number of methoxy groups -OCH3 is 1. The Balaban J connectivity index is 3.13. The first kappa shape index (κ1) is 15.3. The fraction of sp³-hybridized carbons (Fsp3) is 0.643. The number of ketones is 1. The average molecular weight is 272 g/mol. The number of halogens is 1. The van der Waals surface area contributed by atoms with Crippen molar-refractivity contribution in [3.8, 4) is 0 Å². The molecule has 0 aliphatic carbocycles. The summed E-state index contributed by atoms with van der Waals surface area (Å²) in [4.78, 5) is 12.0. The number of aryl methyl sites for hydroxylation is 1. The number of carbonyl (C=O) groups excluding carboxylic acids is 1. The van der Waals surface area contributed by atoms with Gasteiger partial charge in [-0.1, -0.05) is 0 Å². The number of ether oxygens (including phenoxy) is 1. The second-order valence-corrected chi connectivity index (χ2v) is 5.97. The van der Waals surface area contributed by atoms with Gasteiger partial charge in [-0.3, -0.25) is 4.79 Å². The number of hydrogen-bond donors (Lipinski definition) is 0. The van der Waals surface area contributed by atoms with Crippen LogP contribution >= 0.6 is 11.6 Å². The first-order valence-corrected chi connectivity index (χ1v) is 6.53. The van der Waals surface area contributed by atoms with Gasteiger partial charge >= 0.3 is 0 Å². The summed E-state index contributed by atoms with van der Waals surface area (Å²) < 4.78 is 7.54. The van der Waals surface area contributed by atoms with E-state index in [-0.39, 0.29) is 11.4 Å². The van der Waals surface area contributed by atoms with Gasteiger partial charge < -0.3 is 9.30 Å². The summed E-state index contributed by atoms with van der Waals surface area (Å²) in [6.45, 7) is 10.4. The maximum atomic E-state index is 12.0. The minimum Gasteiger partial charge on any atom is -0.377 e. The van der Waals surface area contributed by atoms with Crippen LogP contribution in [0.2, 0.25) is 0 Å². The Bertz CT molecular complexity index is 447. The van der Waals surface area contributed by atoms with Crippen LogP contribution in [0.1, 0.15) is 42.5 Å². The number of rotatable bonds is 5. The zero-order valence-electron chi connectivity index (χ0n) is 12.0. The predicted octanol–water partition coefficient (Wildman–Crippen LogP) is 3.34. The Morgan fingerprint density at radius 3 is 2.50 bits per heavy atom. The van der Waals surface area contributed by atoms with Gasteiger partial charge in [0.2, 0.25) is 0 Å². The first-order valence-electron chi connectivity index (χ1n) is 6.10. The summed E-state index contributed by atoms with van der Waals surface area (Å²) in [5.74, 6) is -0.0220. The van der Waals surface area contributed by atoms with Crippen molar-refractivity contribution in [2.75, 3.05) is 7.11 Å². The molecule has 0 aromatic carbocycles. The van der Waals surface area contributed by atoms with E-state index in [4.69, 9.17) is 16.3 Å². The summed E-state index contributed by atoms with van der Waals surface area (Å²) in [6, 6.07) is 1.91. The van der Waals surface area contributed by atoms with E-state index in [9.17, 15) is 4.79 Å². The molecular weight excluding hydrogens is 250 g/mol. The summed E-state index contributed by atoms with van der Waals surface area (Å²) in [6.07, 6.45) is 0. The molecule has 1 heterocycles. The molecule has 1 rings (SSSR count). The number of hydrogen-bond acceptors (Lipinski definition) is 2. The number of aromatic nitrogens is 1. The molecule has 102 valence electrons. The van der Waals surface area contributed by atoms with Crippen LogP contribution in [0.3, 0.4) is 0 Å². The van der Waals surface area contributed by atoms with Crippen molar-refractivity contribution in [2.45, 2.75) is 52.1 Å². The maximum Gasteiger partial charge on any atom is 0.182 e. The van der Waals surface area contributed by atoms with Gasteiger partial charge in [-0.05, 0) is 40.7 Å². The van der Waals surface area contributed by atoms with Crippen molar-refractivity contribution in [2.24, 2.45) is 0 Å². The normalized spacial score (nSPS) is 13.7. The highest BCUT2D eigenvalue weighted by Crippen LogP contribution is 2.22. The van der Waals surface area contributed by atoms with E-state index in [1.165, 1.54) is 0 Å². The molecule has 0 amide bonds. The molecule has 0 spiro atoms. The Kier molecular flexibility index (Phi) is 4.62. The van der Waals surface area contributed by atoms with Gasteiger partial charge in [0, 0.05) is 24.1 Å². The lowest BCUT2D eigenvalue weighted by molar-refractivity contribution is 0.00739. The second kappa shape index (κ2) is 5.45. The van der Waals surface area contributed by atoms with E-state index < -0.39 is 5.38 Å². The highest BCUT2D eigenvalue weighted by Gasteiger charge is 2.23. The fourth-order valence-electron chi connectivity index (χ4n) is 1.95. The topological polar surface area (TPSA) is 31.2 Å². The minimum atomic E-state index is -0.491. The summed E-state index contributed by atoms with van der Waals surface area (Å²) in [5, 5.41) is -0.491. The van der Waals surface area contributed by atoms with E-state index >= 15 is 0 Å². The predicted molar refractivity (Wildman–Crippen MR) is 74.6 cm³/mol. The molecule has 0 fully saturated rings. The molecule has 0 saturated heterocycles. The van der Waals surface area contributed by atoms with Crippen LogP contribution in [-0.2, 0) is 11.3 Å². The fourth-order valence-corrected chi connectivity index (χ4v) is 2.07. The van der Waals surface area contributed by atoms with Gasteiger partial charge in [0.25, 0.3) is 0 Å². The Hall–Kier alpha value is -0.800. The van der Waals surface area contributed by atoms with Crippen molar-refractivity contribution in [3.63, 3.8) is 0 Å². The van der Waals surface area contributed by atoms with E-state index in [0.29, 0.717) is 12.1 Å². The van der Waals surface area contributed by atoms with Crippen LogP contribution in [0, 0.1) is 13.8 Å². The number of carbonyl (C=O) groups is 1. The molecule has 0 aliphatic rings. The quantitative estimate of drug-likeness (QED) is 0.608. The molecule has 4 heteroatoms. The largest absolute Gasteiger partial charge is 0.377 e. The Morgan fingerprint density at radius 2 is 2.06 bits per heavy atom. The van der Waals surface area contributed by atoms with E-state index in [1.807, 2.05) is 33.8 Å². The summed E-state index contributed by atoms with van der Waals surface area (Å²) >= 11 is 5.87. The van der Waals surface area contributed by atoms with Crippen molar-refractivity contribution in [3.05, 3.63) is 23.0 Å². The van der Waals surface area contributed by atoms with Crippen molar-refractivity contribution >= 4 is 17.4 Å². The Labute approximate surface area is 114 Å². The molecule has 1 unspecified atom stereocenters. The molecule has 1 aromatic rings. The molecule has 0 radical (unpaired) electrons. The standard InChI is InChI=1S/C14H22ClNO2/c1-9-7-12(13(17)10(2)15)11(3)16(9)8-14(4,5)18-6/h7,10H,8H2,1-6H3. The molecule has 0 aliphatic heterocycles. The number of Topliss-reactive ketones (excluding diaryl/α,β-unsaturated/α-hetero) is 1. The summed E-state index contributed by atoms with van der Waals surface area (Å²) in [7, 11) is 1.70. The zero-order valence-corrected chi connectivity index (χ0v) is 12.8. The third kappa shape index (κ3) is 3.15.